The summed E-state index contributed by atoms with van der Waals surface area (Å²) in [7, 11) is 0. The molecule has 0 amide bonds. The van der Waals surface area contributed by atoms with E-state index in [1.165, 1.54) is 0 Å². The topological polar surface area (TPSA) is 35.8 Å². The largest absolute Gasteiger partial charge is 0.360 e. The number of hydrogen-bond acceptors (Lipinski definition) is 2. The normalized spacial score (nSPS) is 16.6. The second-order valence-electron chi connectivity index (χ2n) is 1.82. The third-order valence-electron chi connectivity index (χ3n) is 1.11. The highest BCUT2D eigenvalue weighted by Gasteiger charge is 2.04. The van der Waals surface area contributed by atoms with E-state index in [1.807, 2.05) is 6.07 Å². The third kappa shape index (κ3) is 1.28. The zero-order valence-electron chi connectivity index (χ0n) is 5.19. The average Bonchev–Trinajstić information content (AvgIpc) is 1.94. The van der Waals surface area contributed by atoms with E-state index >= 15 is 0 Å². The van der Waals surface area contributed by atoms with Crippen molar-refractivity contribution in [3.05, 3.63) is 34.6 Å². The van der Waals surface area contributed by atoms with Gasteiger partial charge in [-0.2, -0.15) is 5.26 Å². The smallest absolute Gasteiger partial charge is 0.101 e. The molecule has 1 N–H and O–H groups in total. The number of nitrogens with zero attached hydrogens (tertiary/aromatic N) is 1. The number of nitriles is 1. The van der Waals surface area contributed by atoms with Gasteiger partial charge < -0.3 is 5.32 Å². The molecule has 0 atom stereocenters. The molecule has 3 heteroatoms. The lowest BCUT2D eigenvalue weighted by Gasteiger charge is -2.08. The Hall–Kier alpha value is -1.01. The minimum atomic E-state index is 0.564. The van der Waals surface area contributed by atoms with Crippen molar-refractivity contribution in [2.45, 2.75) is 0 Å². The Morgan fingerprint density at radius 1 is 1.70 bits per heavy atom. The summed E-state index contributed by atoms with van der Waals surface area (Å²) in [4.78, 5) is 0. The number of allylic oxidation sites excluding steroid dienone is 3. The summed E-state index contributed by atoms with van der Waals surface area (Å²) < 4.78 is 0.858. The second kappa shape index (κ2) is 2.72. The molecule has 0 saturated carbocycles. The van der Waals surface area contributed by atoms with Crippen LogP contribution in [0.25, 0.3) is 0 Å². The SMILES string of the molecule is C=C1NC=C(Br)C=C1C#N. The molecule has 0 unspecified atom stereocenters. The van der Waals surface area contributed by atoms with Gasteiger partial charge in [-0.15, -0.1) is 0 Å². The fourth-order valence-corrected chi connectivity index (χ4v) is 0.944. The van der Waals surface area contributed by atoms with Crippen LogP contribution < -0.4 is 5.32 Å². The highest BCUT2D eigenvalue weighted by Crippen LogP contribution is 2.16. The lowest BCUT2D eigenvalue weighted by atomic mass is 10.2. The summed E-state index contributed by atoms with van der Waals surface area (Å²) >= 11 is 3.23. The van der Waals surface area contributed by atoms with Crippen LogP contribution in [-0.2, 0) is 0 Å². The van der Waals surface area contributed by atoms with Crippen LogP contribution in [0.5, 0.6) is 0 Å². The predicted octanol–water partition coefficient (Wildman–Crippen LogP) is 1.79. The Balaban J connectivity index is 2.97. The van der Waals surface area contributed by atoms with E-state index in [4.69, 9.17) is 5.26 Å². The van der Waals surface area contributed by atoms with Crippen LogP contribution in [0, 0.1) is 11.3 Å². The minimum Gasteiger partial charge on any atom is -0.360 e. The van der Waals surface area contributed by atoms with Gasteiger partial charge in [0.05, 0.1) is 5.57 Å². The summed E-state index contributed by atoms with van der Waals surface area (Å²) in [5, 5.41) is 11.4. The zero-order valence-corrected chi connectivity index (χ0v) is 6.77. The van der Waals surface area contributed by atoms with Gasteiger partial charge in [0.2, 0.25) is 0 Å². The maximum atomic E-state index is 8.51. The van der Waals surface area contributed by atoms with Crippen LogP contribution in [0.1, 0.15) is 0 Å². The first-order chi connectivity index (χ1) is 4.74. The van der Waals surface area contributed by atoms with Gasteiger partial charge in [-0.05, 0) is 22.0 Å². The molecule has 0 aromatic heterocycles. The molecule has 1 aliphatic heterocycles. The first-order valence-corrected chi connectivity index (χ1v) is 3.46. The van der Waals surface area contributed by atoms with Gasteiger partial charge in [0.25, 0.3) is 0 Å². The van der Waals surface area contributed by atoms with Gasteiger partial charge in [0.15, 0.2) is 0 Å². The minimum absolute atomic E-state index is 0.564. The van der Waals surface area contributed by atoms with Crippen molar-refractivity contribution in [1.82, 2.24) is 5.32 Å². The lowest BCUT2D eigenvalue weighted by Crippen LogP contribution is -2.09. The molecule has 0 aliphatic carbocycles. The molecule has 10 heavy (non-hydrogen) atoms. The summed E-state index contributed by atoms with van der Waals surface area (Å²) in [6, 6.07) is 2.01. The Bertz CT molecular complexity index is 268. The van der Waals surface area contributed by atoms with Crippen LogP contribution >= 0.6 is 15.9 Å². The summed E-state index contributed by atoms with van der Waals surface area (Å²) in [6.07, 6.45) is 3.46. The number of halogens is 1. The average molecular weight is 197 g/mol. The molecule has 2 nitrogen and oxygen atoms in total. The van der Waals surface area contributed by atoms with E-state index in [-0.39, 0.29) is 0 Å². The maximum absolute atomic E-state index is 8.51. The molecule has 0 bridgehead atoms. The summed E-state index contributed by atoms with van der Waals surface area (Å²) in [5.41, 5.74) is 1.21. The highest BCUT2D eigenvalue weighted by atomic mass is 79.9. The van der Waals surface area contributed by atoms with Crippen LogP contribution in [0.4, 0.5) is 0 Å². The zero-order chi connectivity index (χ0) is 7.56. The third-order valence-corrected chi connectivity index (χ3v) is 1.57. The molecule has 0 aromatic carbocycles. The molecular formula is C7H5BrN2. The molecule has 1 heterocycles. The number of hydrogen-bond donors (Lipinski definition) is 1. The van der Waals surface area contributed by atoms with Gasteiger partial charge >= 0.3 is 0 Å². The predicted molar refractivity (Wildman–Crippen MR) is 43.0 cm³/mol. The Morgan fingerprint density at radius 3 is 2.90 bits per heavy atom. The van der Waals surface area contributed by atoms with Gasteiger partial charge in [0.1, 0.15) is 6.07 Å². The van der Waals surface area contributed by atoms with E-state index < -0.39 is 0 Å². The van der Waals surface area contributed by atoms with Gasteiger partial charge in [0, 0.05) is 16.4 Å². The summed E-state index contributed by atoms with van der Waals surface area (Å²) in [5.74, 6) is 0. The molecule has 50 valence electrons. The van der Waals surface area contributed by atoms with E-state index in [9.17, 15) is 0 Å². The van der Waals surface area contributed by atoms with Crippen LogP contribution in [0.3, 0.4) is 0 Å². The monoisotopic (exact) mass is 196 g/mol. The summed E-state index contributed by atoms with van der Waals surface area (Å²) in [6.45, 7) is 3.63. The lowest BCUT2D eigenvalue weighted by molar-refractivity contribution is 1.08. The van der Waals surface area contributed by atoms with Crippen LogP contribution in [0.2, 0.25) is 0 Å². The fourth-order valence-electron chi connectivity index (χ4n) is 0.600. The first-order valence-electron chi connectivity index (χ1n) is 2.67. The van der Waals surface area contributed by atoms with Crippen molar-refractivity contribution in [2.24, 2.45) is 0 Å². The molecular weight excluding hydrogens is 192 g/mol. The molecule has 0 saturated heterocycles. The van der Waals surface area contributed by atoms with Crippen molar-refractivity contribution in [3.63, 3.8) is 0 Å². The van der Waals surface area contributed by atoms with E-state index in [2.05, 4.69) is 27.8 Å². The standard InChI is InChI=1S/C7H5BrN2/c1-5-6(3-9)2-7(8)4-10-5/h2,4,10H,1H2. The van der Waals surface area contributed by atoms with Crippen LogP contribution in [0.15, 0.2) is 34.6 Å². The van der Waals surface area contributed by atoms with Gasteiger partial charge in [-0.25, -0.2) is 0 Å². The molecule has 0 radical (unpaired) electrons. The van der Waals surface area contributed by atoms with Crippen molar-refractivity contribution in [1.29, 1.82) is 5.26 Å². The number of rotatable bonds is 0. The molecule has 1 aliphatic rings. The fraction of sp³-hybridized carbons (Fsp3) is 0. The van der Waals surface area contributed by atoms with Gasteiger partial charge in [-0.3, -0.25) is 0 Å². The number of nitrogens with one attached hydrogen (secondary N) is 1. The van der Waals surface area contributed by atoms with E-state index in [0.29, 0.717) is 11.3 Å². The van der Waals surface area contributed by atoms with Crippen molar-refractivity contribution in [2.75, 3.05) is 0 Å². The van der Waals surface area contributed by atoms with E-state index in [1.54, 1.807) is 12.3 Å². The number of dihydropyridines is 1. The second-order valence-corrected chi connectivity index (χ2v) is 2.74. The molecule has 0 aromatic rings. The molecule has 0 fully saturated rings. The maximum Gasteiger partial charge on any atom is 0.101 e. The molecule has 0 spiro atoms. The quantitative estimate of drug-likeness (QED) is 0.642. The highest BCUT2D eigenvalue weighted by molar-refractivity contribution is 9.11. The van der Waals surface area contributed by atoms with Crippen molar-refractivity contribution >= 4 is 15.9 Å². The first kappa shape index (κ1) is 7.10. The Kier molecular flexibility index (Phi) is 1.93. The van der Waals surface area contributed by atoms with Crippen LogP contribution in [-0.4, -0.2) is 0 Å². The van der Waals surface area contributed by atoms with Crippen molar-refractivity contribution < 1.29 is 0 Å². The van der Waals surface area contributed by atoms with E-state index in [0.717, 1.165) is 4.48 Å². The van der Waals surface area contributed by atoms with Gasteiger partial charge in [-0.1, -0.05) is 6.58 Å². The Labute approximate surface area is 67.7 Å². The van der Waals surface area contributed by atoms with Crippen molar-refractivity contribution in [3.8, 4) is 6.07 Å². The Morgan fingerprint density at radius 2 is 2.40 bits per heavy atom. The molecule has 1 rings (SSSR count).